The molecule has 0 aromatic heterocycles. The van der Waals surface area contributed by atoms with Gasteiger partial charge in [-0.05, 0) is 31.0 Å². The van der Waals surface area contributed by atoms with Gasteiger partial charge in [-0.25, -0.2) is 0 Å². The van der Waals surface area contributed by atoms with Gasteiger partial charge in [0.25, 0.3) is 0 Å². The van der Waals surface area contributed by atoms with E-state index in [2.05, 4.69) is 19.1 Å². The number of halogens is 1. The van der Waals surface area contributed by atoms with Gasteiger partial charge in [0.1, 0.15) is 0 Å². The van der Waals surface area contributed by atoms with Crippen LogP contribution in [-0.4, -0.2) is 0 Å². The molecule has 1 aliphatic rings. The Balaban J connectivity index is 2.36. The predicted molar refractivity (Wildman–Crippen MR) is 64.8 cm³/mol. The van der Waals surface area contributed by atoms with E-state index in [4.69, 9.17) is 17.3 Å². The highest BCUT2D eigenvalue weighted by atomic mass is 35.5. The van der Waals surface area contributed by atoms with Crippen molar-refractivity contribution < 1.29 is 0 Å². The summed E-state index contributed by atoms with van der Waals surface area (Å²) in [7, 11) is 0. The molecule has 2 heteroatoms. The number of hydrogen-bond donors (Lipinski definition) is 1. The van der Waals surface area contributed by atoms with Gasteiger partial charge >= 0.3 is 0 Å². The molecule has 0 saturated heterocycles. The van der Waals surface area contributed by atoms with Crippen LogP contribution in [0.5, 0.6) is 0 Å². The van der Waals surface area contributed by atoms with Crippen molar-refractivity contribution >= 4 is 11.6 Å². The van der Waals surface area contributed by atoms with Crippen molar-refractivity contribution in [2.24, 2.45) is 5.73 Å². The van der Waals surface area contributed by atoms with Gasteiger partial charge in [0.05, 0.1) is 5.54 Å². The van der Waals surface area contributed by atoms with Gasteiger partial charge in [-0.15, -0.1) is 0 Å². The summed E-state index contributed by atoms with van der Waals surface area (Å²) in [6.45, 7) is 2.08. The Morgan fingerprint density at radius 1 is 1.40 bits per heavy atom. The average Bonchev–Trinajstić information content (AvgIpc) is 2.23. The number of benzene rings is 1. The topological polar surface area (TPSA) is 26.0 Å². The molecule has 2 rings (SSSR count). The quantitative estimate of drug-likeness (QED) is 0.770. The minimum atomic E-state index is -0.398. The number of allylic oxidation sites excluding steroid dienone is 2. The van der Waals surface area contributed by atoms with Crippen molar-refractivity contribution in [3.05, 3.63) is 58.7 Å². The molecular weight excluding hydrogens is 206 g/mol. The summed E-state index contributed by atoms with van der Waals surface area (Å²) in [5.74, 6) is 0. The first-order chi connectivity index (χ1) is 7.10. The summed E-state index contributed by atoms with van der Waals surface area (Å²) in [6.07, 6.45) is 7.09. The largest absolute Gasteiger partial charge is 0.318 e. The lowest BCUT2D eigenvalue weighted by atomic mass is 9.83. The van der Waals surface area contributed by atoms with E-state index in [0.29, 0.717) is 0 Å². The minimum Gasteiger partial charge on any atom is -0.318 e. The van der Waals surface area contributed by atoms with Crippen LogP contribution in [0.15, 0.2) is 48.1 Å². The number of rotatable bonds is 1. The normalized spacial score (nSPS) is 25.1. The highest BCUT2D eigenvalue weighted by Crippen LogP contribution is 2.30. The third kappa shape index (κ3) is 2.14. The molecule has 0 bridgehead atoms. The van der Waals surface area contributed by atoms with Gasteiger partial charge in [0, 0.05) is 5.02 Å². The van der Waals surface area contributed by atoms with Crippen molar-refractivity contribution in [3.8, 4) is 0 Å². The SMILES string of the molecule is CC1=CCC(N)(c2cccc(Cl)c2)C=C1. The van der Waals surface area contributed by atoms with Crippen LogP contribution in [-0.2, 0) is 5.54 Å². The van der Waals surface area contributed by atoms with E-state index in [-0.39, 0.29) is 0 Å². The third-order valence-corrected chi connectivity index (χ3v) is 3.00. The van der Waals surface area contributed by atoms with Crippen LogP contribution in [0.2, 0.25) is 5.02 Å². The summed E-state index contributed by atoms with van der Waals surface area (Å²) in [5.41, 5.74) is 8.25. The van der Waals surface area contributed by atoms with Crippen LogP contribution in [0.4, 0.5) is 0 Å². The molecule has 0 fully saturated rings. The van der Waals surface area contributed by atoms with Gasteiger partial charge in [0.2, 0.25) is 0 Å². The Bertz CT molecular complexity index is 434. The Labute approximate surface area is 95.2 Å². The fourth-order valence-electron chi connectivity index (χ4n) is 1.74. The van der Waals surface area contributed by atoms with Crippen LogP contribution in [0, 0.1) is 0 Å². The van der Waals surface area contributed by atoms with E-state index in [1.165, 1.54) is 5.57 Å². The predicted octanol–water partition coefficient (Wildman–Crippen LogP) is 3.40. The van der Waals surface area contributed by atoms with Crippen LogP contribution in [0.1, 0.15) is 18.9 Å². The summed E-state index contributed by atoms with van der Waals surface area (Å²) < 4.78 is 0. The fraction of sp³-hybridized carbons (Fsp3) is 0.231. The minimum absolute atomic E-state index is 0.398. The Kier molecular flexibility index (Phi) is 2.68. The van der Waals surface area contributed by atoms with E-state index in [0.717, 1.165) is 17.0 Å². The van der Waals surface area contributed by atoms with Gasteiger partial charge < -0.3 is 5.73 Å². The van der Waals surface area contributed by atoms with Crippen molar-refractivity contribution in [3.63, 3.8) is 0 Å². The Morgan fingerprint density at radius 3 is 2.80 bits per heavy atom. The molecule has 1 atom stereocenters. The smallest absolute Gasteiger partial charge is 0.0634 e. The second kappa shape index (κ2) is 3.84. The number of nitrogens with two attached hydrogens (primary N) is 1. The highest BCUT2D eigenvalue weighted by molar-refractivity contribution is 6.30. The van der Waals surface area contributed by atoms with Gasteiger partial charge in [-0.2, -0.15) is 0 Å². The molecule has 1 aromatic carbocycles. The molecule has 0 amide bonds. The van der Waals surface area contributed by atoms with Crippen molar-refractivity contribution in [1.82, 2.24) is 0 Å². The van der Waals surface area contributed by atoms with E-state index in [1.54, 1.807) is 0 Å². The molecule has 0 radical (unpaired) electrons. The zero-order valence-electron chi connectivity index (χ0n) is 8.70. The first-order valence-electron chi connectivity index (χ1n) is 5.01. The van der Waals surface area contributed by atoms with Crippen molar-refractivity contribution in [1.29, 1.82) is 0 Å². The maximum Gasteiger partial charge on any atom is 0.0634 e. The van der Waals surface area contributed by atoms with Crippen molar-refractivity contribution in [2.45, 2.75) is 18.9 Å². The standard InChI is InChI=1S/C13H14ClN/c1-10-5-7-13(15,8-6-10)11-3-2-4-12(14)9-11/h2-7,9H,8,15H2,1H3. The van der Waals surface area contributed by atoms with E-state index in [1.807, 2.05) is 30.3 Å². The van der Waals surface area contributed by atoms with Crippen LogP contribution >= 0.6 is 11.6 Å². The molecule has 2 N–H and O–H groups in total. The maximum atomic E-state index is 6.32. The van der Waals surface area contributed by atoms with Crippen molar-refractivity contribution in [2.75, 3.05) is 0 Å². The molecule has 0 spiro atoms. The molecule has 0 saturated carbocycles. The summed E-state index contributed by atoms with van der Waals surface area (Å²) >= 11 is 5.96. The Hall–Kier alpha value is -1.05. The monoisotopic (exact) mass is 219 g/mol. The summed E-state index contributed by atoms with van der Waals surface area (Å²) in [4.78, 5) is 0. The lowest BCUT2D eigenvalue weighted by molar-refractivity contribution is 0.562. The zero-order valence-corrected chi connectivity index (χ0v) is 9.46. The molecular formula is C13H14ClN. The van der Waals surface area contributed by atoms with E-state index < -0.39 is 5.54 Å². The van der Waals surface area contributed by atoms with Crippen LogP contribution < -0.4 is 5.73 Å². The Morgan fingerprint density at radius 2 is 2.20 bits per heavy atom. The lowest BCUT2D eigenvalue weighted by Gasteiger charge is -2.28. The lowest BCUT2D eigenvalue weighted by Crippen LogP contribution is -2.35. The molecule has 1 aliphatic carbocycles. The summed E-state index contributed by atoms with van der Waals surface area (Å²) in [6, 6.07) is 7.75. The van der Waals surface area contributed by atoms with Crippen LogP contribution in [0.3, 0.4) is 0 Å². The molecule has 15 heavy (non-hydrogen) atoms. The first-order valence-corrected chi connectivity index (χ1v) is 5.39. The zero-order chi connectivity index (χ0) is 10.9. The van der Waals surface area contributed by atoms with Crippen LogP contribution in [0.25, 0.3) is 0 Å². The molecule has 1 aromatic rings. The molecule has 1 unspecified atom stereocenters. The first kappa shape index (κ1) is 10.5. The van der Waals surface area contributed by atoms with E-state index in [9.17, 15) is 0 Å². The highest BCUT2D eigenvalue weighted by Gasteiger charge is 2.24. The summed E-state index contributed by atoms with van der Waals surface area (Å²) in [5, 5.41) is 0.733. The second-order valence-electron chi connectivity index (χ2n) is 4.04. The van der Waals surface area contributed by atoms with Gasteiger partial charge in [-0.1, -0.05) is 47.5 Å². The fourth-order valence-corrected chi connectivity index (χ4v) is 1.93. The van der Waals surface area contributed by atoms with Gasteiger partial charge in [-0.3, -0.25) is 0 Å². The van der Waals surface area contributed by atoms with E-state index >= 15 is 0 Å². The molecule has 0 aliphatic heterocycles. The second-order valence-corrected chi connectivity index (χ2v) is 4.47. The van der Waals surface area contributed by atoms with Gasteiger partial charge in [0.15, 0.2) is 0 Å². The third-order valence-electron chi connectivity index (χ3n) is 2.77. The molecule has 78 valence electrons. The molecule has 0 heterocycles. The average molecular weight is 220 g/mol. The molecule has 1 nitrogen and oxygen atoms in total. The maximum absolute atomic E-state index is 6.32. The number of hydrogen-bond acceptors (Lipinski definition) is 1.